The predicted molar refractivity (Wildman–Crippen MR) is 116 cm³/mol. The maximum absolute atomic E-state index is 12.5. The van der Waals surface area contributed by atoms with E-state index in [2.05, 4.69) is 5.32 Å². The molecule has 0 radical (unpaired) electrons. The third-order valence-electron chi connectivity index (χ3n) is 4.47. The van der Waals surface area contributed by atoms with E-state index in [0.29, 0.717) is 11.5 Å². The summed E-state index contributed by atoms with van der Waals surface area (Å²) in [6.45, 7) is 0.945. The van der Waals surface area contributed by atoms with Gasteiger partial charge < -0.3 is 34.7 Å². The monoisotopic (exact) mass is 478 g/mol. The van der Waals surface area contributed by atoms with Crippen molar-refractivity contribution in [3.8, 4) is 11.5 Å². The summed E-state index contributed by atoms with van der Waals surface area (Å²) in [5.74, 6) is -2.15. The molecule has 1 unspecified atom stereocenters. The number of anilines is 1. The first-order valence-electron chi connectivity index (χ1n) is 9.76. The molecule has 2 amide bonds. The Balaban J connectivity index is 1.62. The molecule has 0 saturated heterocycles. The van der Waals surface area contributed by atoms with E-state index in [1.54, 1.807) is 24.3 Å². The summed E-state index contributed by atoms with van der Waals surface area (Å²) in [5.41, 5.74) is 5.62. The summed E-state index contributed by atoms with van der Waals surface area (Å²) in [5, 5.41) is 2.51. The lowest BCUT2D eigenvalue weighted by molar-refractivity contribution is -0.156. The number of amides is 2. The van der Waals surface area contributed by atoms with Gasteiger partial charge in [0, 0.05) is 7.11 Å². The van der Waals surface area contributed by atoms with Crippen LogP contribution in [0, 0.1) is 6.92 Å². The first kappa shape index (κ1) is 24.0. The number of rotatable bonds is 9. The van der Waals surface area contributed by atoms with Crippen LogP contribution in [0.15, 0.2) is 24.3 Å². The molecule has 0 fully saturated rings. The fourth-order valence-electron chi connectivity index (χ4n) is 2.90. The Labute approximate surface area is 192 Å². The van der Waals surface area contributed by atoms with Gasteiger partial charge in [-0.1, -0.05) is 12.1 Å². The number of esters is 2. The lowest BCUT2D eigenvalue weighted by Crippen LogP contribution is -2.39. The number of primary amides is 1. The molecule has 0 aliphatic carbocycles. The molecule has 0 spiro atoms. The molecular weight excluding hydrogens is 456 g/mol. The highest BCUT2D eigenvalue weighted by Crippen LogP contribution is 2.34. The van der Waals surface area contributed by atoms with E-state index in [0.717, 1.165) is 11.3 Å². The fourth-order valence-corrected chi connectivity index (χ4v) is 3.96. The standard InChI is InChI=1S/C21H22N2O9S/c1-11-16(21(27)29-8-7-28-2)19(33-17(11)18(22)25)23-15(24)10-31-20(26)14-9-30-12-5-3-4-6-13(12)32-14/h3-6,14H,7-10H2,1-2H3,(H2,22,25)(H,23,24). The second kappa shape index (κ2) is 10.8. The first-order chi connectivity index (χ1) is 15.8. The van der Waals surface area contributed by atoms with Gasteiger partial charge in [-0.15, -0.1) is 11.3 Å². The second-order valence-electron chi connectivity index (χ2n) is 6.77. The van der Waals surface area contributed by atoms with Crippen molar-refractivity contribution in [1.82, 2.24) is 0 Å². The second-order valence-corrected chi connectivity index (χ2v) is 7.79. The van der Waals surface area contributed by atoms with Gasteiger partial charge in [0.25, 0.3) is 11.8 Å². The summed E-state index contributed by atoms with van der Waals surface area (Å²) >= 11 is 0.821. The topological polar surface area (TPSA) is 152 Å². The Hall–Kier alpha value is -3.64. The number of nitrogens with two attached hydrogens (primary N) is 1. The fraction of sp³-hybridized carbons (Fsp3) is 0.333. The van der Waals surface area contributed by atoms with E-state index in [1.165, 1.54) is 14.0 Å². The zero-order valence-corrected chi connectivity index (χ0v) is 18.7. The van der Waals surface area contributed by atoms with Crippen molar-refractivity contribution in [2.45, 2.75) is 13.0 Å². The van der Waals surface area contributed by atoms with Crippen LogP contribution >= 0.6 is 11.3 Å². The van der Waals surface area contributed by atoms with Crippen molar-refractivity contribution in [2.75, 3.05) is 38.9 Å². The Morgan fingerprint density at radius 2 is 1.88 bits per heavy atom. The first-order valence-corrected chi connectivity index (χ1v) is 10.6. The molecule has 1 aliphatic heterocycles. The van der Waals surface area contributed by atoms with Gasteiger partial charge in [0.1, 0.15) is 18.2 Å². The van der Waals surface area contributed by atoms with Gasteiger partial charge in [-0.05, 0) is 24.6 Å². The van der Waals surface area contributed by atoms with Crippen molar-refractivity contribution < 1.29 is 42.9 Å². The third kappa shape index (κ3) is 5.79. The summed E-state index contributed by atoms with van der Waals surface area (Å²) in [6.07, 6.45) is -1.04. The normalized spacial score (nSPS) is 14.3. The average Bonchev–Trinajstić information content (AvgIpc) is 3.13. The highest BCUT2D eigenvalue weighted by molar-refractivity contribution is 7.18. The highest BCUT2D eigenvalue weighted by atomic mass is 32.1. The summed E-state index contributed by atoms with van der Waals surface area (Å²) in [4.78, 5) is 48.9. The Kier molecular flexibility index (Phi) is 7.85. The average molecular weight is 478 g/mol. The molecule has 3 N–H and O–H groups in total. The van der Waals surface area contributed by atoms with E-state index in [4.69, 9.17) is 29.4 Å². The minimum absolute atomic E-state index is 0.00907. The summed E-state index contributed by atoms with van der Waals surface area (Å²) in [6, 6.07) is 6.84. The molecule has 1 aromatic heterocycles. The molecule has 0 saturated carbocycles. The third-order valence-corrected chi connectivity index (χ3v) is 5.69. The number of hydrogen-bond donors (Lipinski definition) is 2. The van der Waals surface area contributed by atoms with Gasteiger partial charge in [-0.25, -0.2) is 9.59 Å². The van der Waals surface area contributed by atoms with Crippen molar-refractivity contribution in [1.29, 1.82) is 0 Å². The Morgan fingerprint density at radius 3 is 2.58 bits per heavy atom. The number of para-hydroxylation sites is 2. The molecule has 1 atom stereocenters. The number of thiophene rings is 1. The van der Waals surface area contributed by atoms with Crippen LogP contribution in [0.4, 0.5) is 5.00 Å². The lowest BCUT2D eigenvalue weighted by Gasteiger charge is -2.24. The van der Waals surface area contributed by atoms with Crippen LogP contribution in [0.1, 0.15) is 25.6 Å². The molecule has 2 heterocycles. The molecule has 2 aromatic rings. The number of carbonyl (C=O) groups is 4. The van der Waals surface area contributed by atoms with Crippen LogP contribution < -0.4 is 20.5 Å². The zero-order valence-electron chi connectivity index (χ0n) is 17.9. The minimum Gasteiger partial charge on any atom is -0.485 e. The Bertz CT molecular complexity index is 1070. The quantitative estimate of drug-likeness (QED) is 0.401. The van der Waals surface area contributed by atoms with Crippen LogP contribution in [0.5, 0.6) is 11.5 Å². The number of methoxy groups -OCH3 is 1. The van der Waals surface area contributed by atoms with Gasteiger partial charge in [0.15, 0.2) is 18.1 Å². The van der Waals surface area contributed by atoms with Crippen LogP contribution in [-0.2, 0) is 23.8 Å². The van der Waals surface area contributed by atoms with Crippen LogP contribution in [0.25, 0.3) is 0 Å². The van der Waals surface area contributed by atoms with E-state index >= 15 is 0 Å². The molecule has 0 bridgehead atoms. The van der Waals surface area contributed by atoms with Crippen LogP contribution in [0.2, 0.25) is 0 Å². The van der Waals surface area contributed by atoms with Gasteiger partial charge in [-0.3, -0.25) is 9.59 Å². The molecule has 1 aliphatic rings. The smallest absolute Gasteiger partial charge is 0.351 e. The van der Waals surface area contributed by atoms with E-state index in [-0.39, 0.29) is 40.8 Å². The molecular formula is C21H22N2O9S. The van der Waals surface area contributed by atoms with E-state index in [1.807, 2.05) is 0 Å². The number of ether oxygens (including phenoxy) is 5. The van der Waals surface area contributed by atoms with E-state index in [9.17, 15) is 19.2 Å². The summed E-state index contributed by atoms with van der Waals surface area (Å²) < 4.78 is 25.9. The SMILES string of the molecule is COCCOC(=O)c1c(NC(=O)COC(=O)C2COc3ccccc3O2)sc(C(N)=O)c1C. The van der Waals surface area contributed by atoms with E-state index < -0.39 is 36.5 Å². The maximum Gasteiger partial charge on any atom is 0.351 e. The lowest BCUT2D eigenvalue weighted by atomic mass is 10.1. The largest absolute Gasteiger partial charge is 0.485 e. The van der Waals surface area contributed by atoms with Crippen molar-refractivity contribution >= 4 is 40.1 Å². The van der Waals surface area contributed by atoms with Gasteiger partial charge in [0.05, 0.1) is 17.0 Å². The van der Waals surface area contributed by atoms with Crippen molar-refractivity contribution in [3.63, 3.8) is 0 Å². The highest BCUT2D eigenvalue weighted by Gasteiger charge is 2.30. The molecule has 3 rings (SSSR count). The zero-order chi connectivity index (χ0) is 24.0. The summed E-state index contributed by atoms with van der Waals surface area (Å²) in [7, 11) is 1.45. The number of hydrogen-bond acceptors (Lipinski definition) is 10. The van der Waals surface area contributed by atoms with Gasteiger partial charge in [0.2, 0.25) is 6.10 Å². The molecule has 176 valence electrons. The molecule has 1 aromatic carbocycles. The van der Waals surface area contributed by atoms with Gasteiger partial charge >= 0.3 is 11.9 Å². The number of nitrogens with one attached hydrogen (secondary N) is 1. The minimum atomic E-state index is -1.04. The molecule has 12 heteroatoms. The van der Waals surface area contributed by atoms with Crippen molar-refractivity contribution in [2.24, 2.45) is 5.73 Å². The van der Waals surface area contributed by atoms with Gasteiger partial charge in [-0.2, -0.15) is 0 Å². The number of fused-ring (bicyclic) bond motifs is 1. The van der Waals surface area contributed by atoms with Crippen LogP contribution in [-0.4, -0.2) is 63.4 Å². The number of benzene rings is 1. The molecule has 33 heavy (non-hydrogen) atoms. The van der Waals surface area contributed by atoms with Crippen LogP contribution in [0.3, 0.4) is 0 Å². The Morgan fingerprint density at radius 1 is 1.15 bits per heavy atom. The van der Waals surface area contributed by atoms with Crippen molar-refractivity contribution in [3.05, 3.63) is 40.3 Å². The molecule has 11 nitrogen and oxygen atoms in total. The predicted octanol–water partition coefficient (Wildman–Crippen LogP) is 1.28. The maximum atomic E-state index is 12.5. The number of carbonyl (C=O) groups excluding carboxylic acids is 4.